The third-order valence-corrected chi connectivity index (χ3v) is 1.90. The monoisotopic (exact) mass is 161 g/mol. The van der Waals surface area contributed by atoms with Crippen molar-refractivity contribution >= 4 is 0 Å². The fourth-order valence-electron chi connectivity index (χ4n) is 1.26. The molecule has 0 aromatic carbocycles. The molecule has 0 fully saturated rings. The zero-order valence-electron chi connectivity index (χ0n) is 6.79. The van der Waals surface area contributed by atoms with Gasteiger partial charge in [-0.25, -0.2) is 0 Å². The van der Waals surface area contributed by atoms with E-state index in [2.05, 4.69) is 23.5 Å². The molecule has 0 unspecified atom stereocenters. The topological polar surface area (TPSA) is 21.3 Å². The number of rotatable bonds is 1. The smallest absolute Gasteiger partial charge is 0.106 e. The van der Waals surface area contributed by atoms with Gasteiger partial charge < -0.3 is 10.1 Å². The van der Waals surface area contributed by atoms with Crippen molar-refractivity contribution in [1.29, 1.82) is 0 Å². The van der Waals surface area contributed by atoms with Gasteiger partial charge in [-0.15, -0.1) is 0 Å². The highest BCUT2D eigenvalue weighted by atomic mass is 16.5. The summed E-state index contributed by atoms with van der Waals surface area (Å²) in [5, 5.41) is 3.11. The molecule has 2 nitrogen and oxygen atoms in total. The molecule has 0 saturated heterocycles. The maximum absolute atomic E-state index is 5.07. The van der Waals surface area contributed by atoms with Crippen LogP contribution < -0.4 is 5.32 Å². The molecule has 0 amide bonds. The normalized spacial score (nSPS) is 20.7. The third-order valence-electron chi connectivity index (χ3n) is 1.90. The van der Waals surface area contributed by atoms with Crippen molar-refractivity contribution in [2.75, 3.05) is 13.2 Å². The second kappa shape index (κ2) is 3.30. The van der Waals surface area contributed by atoms with E-state index < -0.39 is 0 Å². The maximum atomic E-state index is 5.07. The van der Waals surface area contributed by atoms with Crippen molar-refractivity contribution in [3.05, 3.63) is 47.9 Å². The first kappa shape index (κ1) is 7.22. The molecule has 2 aliphatic heterocycles. The first-order chi connectivity index (χ1) is 5.97. The minimum atomic E-state index is 0.685. The van der Waals surface area contributed by atoms with Crippen molar-refractivity contribution in [1.82, 2.24) is 5.32 Å². The van der Waals surface area contributed by atoms with Gasteiger partial charge in [0, 0.05) is 6.54 Å². The Hall–Kier alpha value is -1.44. The van der Waals surface area contributed by atoms with E-state index in [1.165, 1.54) is 11.1 Å². The summed E-state index contributed by atoms with van der Waals surface area (Å²) < 4.78 is 5.07. The van der Waals surface area contributed by atoms with Crippen molar-refractivity contribution < 1.29 is 4.74 Å². The summed E-state index contributed by atoms with van der Waals surface area (Å²) >= 11 is 0. The van der Waals surface area contributed by atoms with Crippen LogP contribution >= 0.6 is 0 Å². The summed E-state index contributed by atoms with van der Waals surface area (Å²) in [7, 11) is 0. The molecule has 2 rings (SSSR count). The maximum Gasteiger partial charge on any atom is 0.106 e. The van der Waals surface area contributed by atoms with E-state index in [4.69, 9.17) is 4.74 Å². The highest BCUT2D eigenvalue weighted by molar-refractivity contribution is 5.47. The van der Waals surface area contributed by atoms with Crippen LogP contribution in [0.5, 0.6) is 0 Å². The zero-order chi connectivity index (χ0) is 8.23. The lowest BCUT2D eigenvalue weighted by Crippen LogP contribution is -2.09. The Morgan fingerprint density at radius 1 is 1.17 bits per heavy atom. The number of dihydropyridines is 1. The van der Waals surface area contributed by atoms with Gasteiger partial charge in [0.05, 0.1) is 6.26 Å². The van der Waals surface area contributed by atoms with Gasteiger partial charge in [-0.2, -0.15) is 0 Å². The van der Waals surface area contributed by atoms with Crippen LogP contribution in [0.25, 0.3) is 0 Å². The number of hydrogen-bond donors (Lipinski definition) is 1. The Balaban J connectivity index is 2.18. The second-order valence-corrected chi connectivity index (χ2v) is 2.70. The fourth-order valence-corrected chi connectivity index (χ4v) is 1.26. The summed E-state index contributed by atoms with van der Waals surface area (Å²) in [6, 6.07) is 0. The van der Waals surface area contributed by atoms with E-state index in [9.17, 15) is 0 Å². The highest BCUT2D eigenvalue weighted by Crippen LogP contribution is 2.16. The summed E-state index contributed by atoms with van der Waals surface area (Å²) in [6.45, 7) is 1.60. The van der Waals surface area contributed by atoms with Crippen molar-refractivity contribution in [2.45, 2.75) is 0 Å². The molecule has 1 N–H and O–H groups in total. The molecule has 2 aliphatic rings. The summed E-state index contributed by atoms with van der Waals surface area (Å²) in [5.74, 6) is 0. The molecule has 2 heterocycles. The summed E-state index contributed by atoms with van der Waals surface area (Å²) in [4.78, 5) is 0. The van der Waals surface area contributed by atoms with Crippen LogP contribution in [0.15, 0.2) is 47.9 Å². The Bertz CT molecular complexity index is 254. The third kappa shape index (κ3) is 1.42. The van der Waals surface area contributed by atoms with Crippen molar-refractivity contribution in [2.24, 2.45) is 0 Å². The molecule has 0 saturated carbocycles. The lowest BCUT2D eigenvalue weighted by atomic mass is 10.0. The number of hydrogen-bond acceptors (Lipinski definition) is 2. The van der Waals surface area contributed by atoms with Crippen molar-refractivity contribution in [3.63, 3.8) is 0 Å². The first-order valence-electron chi connectivity index (χ1n) is 4.05. The average Bonchev–Trinajstić information content (AvgIpc) is 2.21. The van der Waals surface area contributed by atoms with Gasteiger partial charge in [0.1, 0.15) is 6.61 Å². The molecule has 0 radical (unpaired) electrons. The van der Waals surface area contributed by atoms with Gasteiger partial charge >= 0.3 is 0 Å². The van der Waals surface area contributed by atoms with Gasteiger partial charge in [-0.1, -0.05) is 6.08 Å². The Morgan fingerprint density at radius 3 is 2.75 bits per heavy atom. The number of nitrogens with one attached hydrogen (secondary N) is 1. The highest BCUT2D eigenvalue weighted by Gasteiger charge is 2.03. The number of allylic oxidation sites excluding steroid dienone is 4. The molecule has 62 valence electrons. The Kier molecular flexibility index (Phi) is 1.99. The SMILES string of the molecule is C1=CC(C2=CCOC=C2)=CCN1. The van der Waals surface area contributed by atoms with Crippen LogP contribution in [0.3, 0.4) is 0 Å². The molecule has 0 atom stereocenters. The fraction of sp³-hybridized carbons (Fsp3) is 0.200. The molecule has 0 spiro atoms. The molecular weight excluding hydrogens is 150 g/mol. The van der Waals surface area contributed by atoms with E-state index in [0.717, 1.165) is 6.54 Å². The van der Waals surface area contributed by atoms with Crippen LogP contribution in [0.2, 0.25) is 0 Å². The predicted octanol–water partition coefficient (Wildman–Crippen LogP) is 1.50. The average molecular weight is 161 g/mol. The summed E-state index contributed by atoms with van der Waals surface area (Å²) in [5.41, 5.74) is 2.52. The molecule has 12 heavy (non-hydrogen) atoms. The minimum Gasteiger partial charge on any atom is -0.497 e. The van der Waals surface area contributed by atoms with E-state index in [-0.39, 0.29) is 0 Å². The van der Waals surface area contributed by atoms with Gasteiger partial charge in [0.25, 0.3) is 0 Å². The second-order valence-electron chi connectivity index (χ2n) is 2.70. The summed E-state index contributed by atoms with van der Waals surface area (Å²) in [6.07, 6.45) is 12.0. The first-order valence-corrected chi connectivity index (χ1v) is 4.05. The standard InChI is InChI=1S/C10H11NO/c1-5-11-6-2-9(1)10-3-7-12-8-4-10/h1-5,7,11H,6,8H2. The minimum absolute atomic E-state index is 0.685. The Morgan fingerprint density at radius 2 is 2.08 bits per heavy atom. The van der Waals surface area contributed by atoms with Gasteiger partial charge in [0.2, 0.25) is 0 Å². The lowest BCUT2D eigenvalue weighted by molar-refractivity contribution is 0.284. The molecule has 0 aliphatic carbocycles. The van der Waals surface area contributed by atoms with Crippen LogP contribution in [0, 0.1) is 0 Å². The lowest BCUT2D eigenvalue weighted by Gasteiger charge is -2.12. The van der Waals surface area contributed by atoms with Crippen LogP contribution in [0.4, 0.5) is 0 Å². The number of ether oxygens (including phenoxy) is 1. The quantitative estimate of drug-likeness (QED) is 0.629. The molecule has 0 aromatic heterocycles. The van der Waals surface area contributed by atoms with E-state index in [1.807, 2.05) is 12.3 Å². The van der Waals surface area contributed by atoms with E-state index >= 15 is 0 Å². The van der Waals surface area contributed by atoms with Crippen LogP contribution in [-0.4, -0.2) is 13.2 Å². The molecular formula is C10H11NO. The largest absolute Gasteiger partial charge is 0.497 e. The van der Waals surface area contributed by atoms with Gasteiger partial charge in [-0.3, -0.25) is 0 Å². The van der Waals surface area contributed by atoms with Gasteiger partial charge in [-0.05, 0) is 35.6 Å². The Labute approximate surface area is 71.9 Å². The zero-order valence-corrected chi connectivity index (χ0v) is 6.79. The van der Waals surface area contributed by atoms with Crippen molar-refractivity contribution in [3.8, 4) is 0 Å². The predicted molar refractivity (Wildman–Crippen MR) is 48.4 cm³/mol. The van der Waals surface area contributed by atoms with Gasteiger partial charge in [0.15, 0.2) is 0 Å². The van der Waals surface area contributed by atoms with Crippen LogP contribution in [-0.2, 0) is 4.74 Å². The van der Waals surface area contributed by atoms with E-state index in [1.54, 1.807) is 6.26 Å². The van der Waals surface area contributed by atoms with E-state index in [0.29, 0.717) is 6.61 Å². The molecule has 0 aromatic rings. The van der Waals surface area contributed by atoms with Crippen LogP contribution in [0.1, 0.15) is 0 Å². The molecule has 0 bridgehead atoms. The molecule has 2 heteroatoms.